The van der Waals surface area contributed by atoms with E-state index in [0.29, 0.717) is 24.8 Å². The first-order chi connectivity index (χ1) is 10.3. The van der Waals surface area contributed by atoms with Crippen LogP contribution in [0.5, 0.6) is 0 Å². The molecule has 0 bridgehead atoms. The first kappa shape index (κ1) is 19.4. The second kappa shape index (κ2) is 8.87. The van der Waals surface area contributed by atoms with Gasteiger partial charge in [-0.3, -0.25) is 4.79 Å². The summed E-state index contributed by atoms with van der Waals surface area (Å²) < 4.78 is 23.6. The highest BCUT2D eigenvalue weighted by molar-refractivity contribution is 7.91. The predicted molar refractivity (Wildman–Crippen MR) is 90.6 cm³/mol. The molecule has 1 saturated heterocycles. The first-order valence-corrected chi connectivity index (χ1v) is 10.3. The molecule has 0 spiro atoms. The van der Waals surface area contributed by atoms with Crippen LogP contribution in [0.4, 0.5) is 0 Å². The van der Waals surface area contributed by atoms with Gasteiger partial charge in [0.1, 0.15) is 0 Å². The Hall–Kier alpha value is -0.620. The normalized spacial score (nSPS) is 22.1. The summed E-state index contributed by atoms with van der Waals surface area (Å²) in [5.74, 6) is 1.16. The summed E-state index contributed by atoms with van der Waals surface area (Å²) in [5.41, 5.74) is 0. The molecule has 3 atom stereocenters. The van der Waals surface area contributed by atoms with Crippen LogP contribution in [-0.4, -0.2) is 56.4 Å². The minimum atomic E-state index is -3.06. The van der Waals surface area contributed by atoms with Crippen LogP contribution in [0.15, 0.2) is 0 Å². The number of carbonyl (C=O) groups excluding carboxylic acids is 1. The first-order valence-electron chi connectivity index (χ1n) is 8.51. The average Bonchev–Trinajstić information content (AvgIpc) is 2.48. The van der Waals surface area contributed by atoms with Crippen molar-refractivity contribution in [3.8, 4) is 0 Å². The SMILES string of the molecule is CCN(C(=O)CC(C)C1CCCNC1)C(C)CS(=O)(=O)CC. The Morgan fingerprint density at radius 2 is 2.00 bits per heavy atom. The third-order valence-electron chi connectivity index (χ3n) is 4.76. The highest BCUT2D eigenvalue weighted by atomic mass is 32.2. The second-order valence-corrected chi connectivity index (χ2v) is 8.91. The molecule has 3 unspecified atom stereocenters. The molecular weight excluding hydrogens is 300 g/mol. The van der Waals surface area contributed by atoms with Crippen molar-refractivity contribution < 1.29 is 13.2 Å². The molecule has 1 fully saturated rings. The molecule has 1 amide bonds. The number of nitrogens with zero attached hydrogens (tertiary/aromatic N) is 1. The molecular formula is C16H32N2O3S. The Kier molecular flexibility index (Phi) is 7.83. The largest absolute Gasteiger partial charge is 0.339 e. The molecule has 6 heteroatoms. The van der Waals surface area contributed by atoms with Gasteiger partial charge in [-0.25, -0.2) is 8.42 Å². The van der Waals surface area contributed by atoms with Gasteiger partial charge in [0.05, 0.1) is 5.75 Å². The van der Waals surface area contributed by atoms with E-state index in [-0.39, 0.29) is 23.5 Å². The maximum absolute atomic E-state index is 12.6. The fourth-order valence-electron chi connectivity index (χ4n) is 3.23. The molecule has 0 radical (unpaired) electrons. The predicted octanol–water partition coefficient (Wildman–Crippen LogP) is 1.68. The van der Waals surface area contributed by atoms with Crippen molar-refractivity contribution in [2.24, 2.45) is 11.8 Å². The van der Waals surface area contributed by atoms with Crippen LogP contribution in [0.25, 0.3) is 0 Å². The van der Waals surface area contributed by atoms with Crippen LogP contribution >= 0.6 is 0 Å². The zero-order valence-electron chi connectivity index (χ0n) is 14.5. The summed E-state index contributed by atoms with van der Waals surface area (Å²) in [6, 6.07) is -0.251. The maximum Gasteiger partial charge on any atom is 0.223 e. The van der Waals surface area contributed by atoms with Gasteiger partial charge in [-0.05, 0) is 51.6 Å². The molecule has 1 N–H and O–H groups in total. The highest BCUT2D eigenvalue weighted by Crippen LogP contribution is 2.23. The van der Waals surface area contributed by atoms with Gasteiger partial charge in [0.15, 0.2) is 9.84 Å². The topological polar surface area (TPSA) is 66.5 Å². The van der Waals surface area contributed by atoms with Crippen molar-refractivity contribution in [2.75, 3.05) is 31.1 Å². The Morgan fingerprint density at radius 3 is 2.50 bits per heavy atom. The summed E-state index contributed by atoms with van der Waals surface area (Å²) in [6.07, 6.45) is 2.86. The molecule has 1 aliphatic heterocycles. The molecule has 130 valence electrons. The van der Waals surface area contributed by atoms with Crippen molar-refractivity contribution in [2.45, 2.75) is 53.0 Å². The average molecular weight is 333 g/mol. The standard InChI is InChI=1S/C16H32N2O3S/c1-5-18(14(4)12-22(20,21)6-2)16(19)10-13(3)15-8-7-9-17-11-15/h13-15,17H,5-12H2,1-4H3. The highest BCUT2D eigenvalue weighted by Gasteiger charge is 2.27. The maximum atomic E-state index is 12.6. The summed E-state index contributed by atoms with van der Waals surface area (Å²) in [6.45, 7) is 10.2. The number of sulfone groups is 1. The third kappa shape index (κ3) is 5.88. The van der Waals surface area contributed by atoms with E-state index in [1.165, 1.54) is 12.8 Å². The summed E-state index contributed by atoms with van der Waals surface area (Å²) in [4.78, 5) is 14.3. The molecule has 0 aromatic heterocycles. The summed E-state index contributed by atoms with van der Waals surface area (Å²) >= 11 is 0. The molecule has 0 aromatic rings. The van der Waals surface area contributed by atoms with Crippen molar-refractivity contribution in [1.82, 2.24) is 10.2 Å². The monoisotopic (exact) mass is 332 g/mol. The molecule has 0 saturated carbocycles. The van der Waals surface area contributed by atoms with Crippen molar-refractivity contribution in [3.05, 3.63) is 0 Å². The van der Waals surface area contributed by atoms with Crippen molar-refractivity contribution in [3.63, 3.8) is 0 Å². The van der Waals surface area contributed by atoms with Crippen LogP contribution in [-0.2, 0) is 14.6 Å². The number of piperidine rings is 1. The van der Waals surface area contributed by atoms with E-state index in [9.17, 15) is 13.2 Å². The van der Waals surface area contributed by atoms with E-state index in [0.717, 1.165) is 13.1 Å². The van der Waals surface area contributed by atoms with Crippen LogP contribution in [0.3, 0.4) is 0 Å². The van der Waals surface area contributed by atoms with Gasteiger partial charge < -0.3 is 10.2 Å². The molecule has 1 rings (SSSR count). The lowest BCUT2D eigenvalue weighted by molar-refractivity contribution is -0.133. The summed E-state index contributed by atoms with van der Waals surface area (Å²) in [7, 11) is -3.06. The van der Waals surface area contributed by atoms with Crippen molar-refractivity contribution in [1.29, 1.82) is 0 Å². The molecule has 5 nitrogen and oxygen atoms in total. The van der Waals surface area contributed by atoms with Crippen LogP contribution < -0.4 is 5.32 Å². The number of amides is 1. The van der Waals surface area contributed by atoms with Crippen molar-refractivity contribution >= 4 is 15.7 Å². The molecule has 22 heavy (non-hydrogen) atoms. The number of hydrogen-bond donors (Lipinski definition) is 1. The Balaban J connectivity index is 2.59. The lowest BCUT2D eigenvalue weighted by atomic mass is 9.85. The van der Waals surface area contributed by atoms with Gasteiger partial charge in [-0.2, -0.15) is 0 Å². The third-order valence-corrected chi connectivity index (χ3v) is 6.63. The Bertz CT molecular complexity index is 444. The van der Waals surface area contributed by atoms with E-state index >= 15 is 0 Å². The van der Waals surface area contributed by atoms with E-state index in [2.05, 4.69) is 12.2 Å². The minimum absolute atomic E-state index is 0.0580. The molecule has 1 aliphatic rings. The Morgan fingerprint density at radius 1 is 1.32 bits per heavy atom. The zero-order chi connectivity index (χ0) is 16.8. The lowest BCUT2D eigenvalue weighted by Crippen LogP contribution is -2.44. The van der Waals surface area contributed by atoms with E-state index in [1.54, 1.807) is 11.8 Å². The molecule has 0 aliphatic carbocycles. The van der Waals surface area contributed by atoms with Gasteiger partial charge in [0, 0.05) is 24.8 Å². The van der Waals surface area contributed by atoms with Crippen LogP contribution in [0.2, 0.25) is 0 Å². The second-order valence-electron chi connectivity index (χ2n) is 6.52. The van der Waals surface area contributed by atoms with Gasteiger partial charge in [-0.1, -0.05) is 13.8 Å². The quantitative estimate of drug-likeness (QED) is 0.734. The number of hydrogen-bond acceptors (Lipinski definition) is 4. The smallest absolute Gasteiger partial charge is 0.223 e. The van der Waals surface area contributed by atoms with Gasteiger partial charge in [0.25, 0.3) is 0 Å². The van der Waals surface area contributed by atoms with E-state index < -0.39 is 9.84 Å². The van der Waals surface area contributed by atoms with Gasteiger partial charge >= 0.3 is 0 Å². The fourth-order valence-corrected chi connectivity index (χ4v) is 4.38. The van der Waals surface area contributed by atoms with E-state index in [1.807, 2.05) is 13.8 Å². The van der Waals surface area contributed by atoms with E-state index in [4.69, 9.17) is 0 Å². The van der Waals surface area contributed by atoms with Gasteiger partial charge in [-0.15, -0.1) is 0 Å². The lowest BCUT2D eigenvalue weighted by Gasteiger charge is -2.32. The molecule has 1 heterocycles. The number of carbonyl (C=O) groups is 1. The number of nitrogens with one attached hydrogen (secondary N) is 1. The van der Waals surface area contributed by atoms with Gasteiger partial charge in [0.2, 0.25) is 5.91 Å². The zero-order valence-corrected chi connectivity index (χ0v) is 15.3. The summed E-state index contributed by atoms with van der Waals surface area (Å²) in [5, 5.41) is 3.39. The minimum Gasteiger partial charge on any atom is -0.339 e. The number of rotatable bonds is 8. The Labute approximate surface area is 135 Å². The van der Waals surface area contributed by atoms with Crippen LogP contribution in [0, 0.1) is 11.8 Å². The van der Waals surface area contributed by atoms with Crippen LogP contribution in [0.1, 0.15) is 47.0 Å². The fraction of sp³-hybridized carbons (Fsp3) is 0.938. The molecule has 0 aromatic carbocycles.